The van der Waals surface area contributed by atoms with Gasteiger partial charge >= 0.3 is 0 Å². The molecule has 2 aromatic carbocycles. The molecule has 0 unspecified atom stereocenters. The molecule has 1 N–H and O–H groups in total. The molecule has 2 heterocycles. The van der Waals surface area contributed by atoms with Gasteiger partial charge in [0.25, 0.3) is 0 Å². The zero-order valence-electron chi connectivity index (χ0n) is 14.4. The lowest BCUT2D eigenvalue weighted by atomic mass is 9.94. The van der Waals surface area contributed by atoms with Crippen LogP contribution in [-0.4, -0.2) is 15.7 Å². The van der Waals surface area contributed by atoms with Crippen LogP contribution in [0.5, 0.6) is 11.5 Å². The van der Waals surface area contributed by atoms with Gasteiger partial charge in [0.05, 0.1) is 12.2 Å². The molecule has 1 saturated carbocycles. The Kier molecular flexibility index (Phi) is 3.35. The summed E-state index contributed by atoms with van der Waals surface area (Å²) in [5, 5.41) is 7.47. The number of nitrogens with zero attached hydrogens (tertiary/aromatic N) is 2. The van der Waals surface area contributed by atoms with Gasteiger partial charge in [0, 0.05) is 30.3 Å². The fraction of sp³-hybridized carbons (Fsp3) is 0.238. The van der Waals surface area contributed by atoms with E-state index in [1.54, 1.807) is 4.68 Å². The first-order valence-electron chi connectivity index (χ1n) is 8.85. The van der Waals surface area contributed by atoms with Crippen molar-refractivity contribution in [1.29, 1.82) is 0 Å². The van der Waals surface area contributed by atoms with Crippen molar-refractivity contribution in [2.75, 3.05) is 0 Å². The highest BCUT2D eigenvalue weighted by Gasteiger charge is 2.45. The van der Waals surface area contributed by atoms with Gasteiger partial charge in [-0.25, -0.2) is 0 Å². The highest BCUT2D eigenvalue weighted by molar-refractivity contribution is 5.84. The normalized spacial score (nSPS) is 20.7. The molecule has 1 aliphatic heterocycles. The number of carbonyl (C=O) groups excluding carboxylic acids is 1. The molecule has 1 amide bonds. The molecule has 0 radical (unpaired) electrons. The van der Waals surface area contributed by atoms with Crippen molar-refractivity contribution in [3.63, 3.8) is 0 Å². The third-order valence-corrected chi connectivity index (χ3v) is 5.25. The van der Waals surface area contributed by atoms with Crippen molar-refractivity contribution in [2.24, 2.45) is 13.0 Å². The second-order valence-corrected chi connectivity index (χ2v) is 7.02. The molecule has 130 valence electrons. The number of para-hydroxylation sites is 2. The van der Waals surface area contributed by atoms with Crippen LogP contribution in [0.2, 0.25) is 0 Å². The predicted octanol–water partition coefficient (Wildman–Crippen LogP) is 3.54. The Bertz CT molecular complexity index is 949. The lowest BCUT2D eigenvalue weighted by Gasteiger charge is -2.28. The van der Waals surface area contributed by atoms with E-state index in [-0.39, 0.29) is 23.8 Å². The molecule has 0 spiro atoms. The minimum atomic E-state index is -0.182. The van der Waals surface area contributed by atoms with E-state index in [1.165, 1.54) is 0 Å². The summed E-state index contributed by atoms with van der Waals surface area (Å²) >= 11 is 0. The van der Waals surface area contributed by atoms with E-state index in [0.717, 1.165) is 34.6 Å². The van der Waals surface area contributed by atoms with Crippen LogP contribution in [0.25, 0.3) is 0 Å². The van der Waals surface area contributed by atoms with Crippen LogP contribution in [0, 0.1) is 5.92 Å². The quantitative estimate of drug-likeness (QED) is 0.790. The number of benzene rings is 2. The van der Waals surface area contributed by atoms with E-state index in [9.17, 15) is 4.79 Å². The smallest absolute Gasteiger partial charge is 0.224 e. The van der Waals surface area contributed by atoms with Crippen LogP contribution in [0.3, 0.4) is 0 Å². The second kappa shape index (κ2) is 5.73. The van der Waals surface area contributed by atoms with Gasteiger partial charge in [-0.3, -0.25) is 9.48 Å². The fourth-order valence-electron chi connectivity index (χ4n) is 3.80. The number of aromatic nitrogens is 2. The molecule has 3 aromatic rings. The average Bonchev–Trinajstić information content (AvgIpc) is 3.35. The summed E-state index contributed by atoms with van der Waals surface area (Å²) in [5.41, 5.74) is 3.14. The number of carbonyl (C=O) groups is 1. The number of hydrogen-bond donors (Lipinski definition) is 1. The predicted molar refractivity (Wildman–Crippen MR) is 97.0 cm³/mol. The summed E-state index contributed by atoms with van der Waals surface area (Å²) in [5.74, 6) is 1.98. The van der Waals surface area contributed by atoms with Crippen LogP contribution in [0.4, 0.5) is 0 Å². The standard InChI is InChI=1S/C21H19N3O2/c1-24-12-13(11-22-24)16-10-17(16)21(25)23-20-14-6-2-4-8-18(14)26-19-9-5-3-7-15(19)20/h2-9,11-12,16-17,20H,10H2,1H3,(H,23,25)/t16-,17-/m1/s1. The number of fused-ring (bicyclic) bond motifs is 2. The SMILES string of the molecule is Cn1cc([C@H]2C[C@H]2C(=O)NC2c3ccccc3Oc3ccccc32)cn1. The van der Waals surface area contributed by atoms with Crippen LogP contribution in [-0.2, 0) is 11.8 Å². The maximum Gasteiger partial charge on any atom is 0.224 e. The molecule has 1 fully saturated rings. The summed E-state index contributed by atoms with van der Waals surface area (Å²) in [7, 11) is 1.90. The molecule has 2 aliphatic rings. The Hall–Kier alpha value is -3.08. The van der Waals surface area contributed by atoms with Gasteiger partial charge in [-0.15, -0.1) is 0 Å². The minimum absolute atomic E-state index is 0.0152. The van der Waals surface area contributed by atoms with Crippen molar-refractivity contribution in [2.45, 2.75) is 18.4 Å². The molecular formula is C21H19N3O2. The largest absolute Gasteiger partial charge is 0.457 e. The van der Waals surface area contributed by atoms with Gasteiger partial charge in [-0.2, -0.15) is 5.10 Å². The van der Waals surface area contributed by atoms with Crippen molar-refractivity contribution in [1.82, 2.24) is 15.1 Å². The zero-order valence-corrected chi connectivity index (χ0v) is 14.4. The summed E-state index contributed by atoms with van der Waals surface area (Å²) in [4.78, 5) is 12.9. The highest BCUT2D eigenvalue weighted by atomic mass is 16.5. The third-order valence-electron chi connectivity index (χ3n) is 5.25. The molecule has 1 aliphatic carbocycles. The van der Waals surface area contributed by atoms with Gasteiger partial charge in [0.15, 0.2) is 0 Å². The van der Waals surface area contributed by atoms with Gasteiger partial charge in [0.2, 0.25) is 5.91 Å². The maximum atomic E-state index is 12.9. The number of rotatable bonds is 3. The number of nitrogens with one attached hydrogen (secondary N) is 1. The molecular weight excluding hydrogens is 326 g/mol. The van der Waals surface area contributed by atoms with E-state index >= 15 is 0 Å². The van der Waals surface area contributed by atoms with Crippen molar-refractivity contribution in [3.05, 3.63) is 77.6 Å². The Morgan fingerprint density at radius 1 is 1.12 bits per heavy atom. The van der Waals surface area contributed by atoms with E-state index in [0.29, 0.717) is 0 Å². The number of aryl methyl sites for hydroxylation is 1. The monoisotopic (exact) mass is 345 g/mol. The van der Waals surface area contributed by atoms with E-state index in [2.05, 4.69) is 10.4 Å². The van der Waals surface area contributed by atoms with Gasteiger partial charge < -0.3 is 10.1 Å². The molecule has 5 rings (SSSR count). The van der Waals surface area contributed by atoms with Crippen LogP contribution in [0.1, 0.15) is 35.1 Å². The number of amides is 1. The first-order valence-corrected chi connectivity index (χ1v) is 8.85. The van der Waals surface area contributed by atoms with Gasteiger partial charge in [-0.05, 0) is 30.0 Å². The molecule has 1 aromatic heterocycles. The summed E-state index contributed by atoms with van der Waals surface area (Å²) in [6, 6.07) is 15.6. The molecule has 2 atom stereocenters. The first-order chi connectivity index (χ1) is 12.7. The Morgan fingerprint density at radius 2 is 1.77 bits per heavy atom. The van der Waals surface area contributed by atoms with Crippen LogP contribution >= 0.6 is 0 Å². The fourth-order valence-corrected chi connectivity index (χ4v) is 3.80. The molecule has 0 bridgehead atoms. The lowest BCUT2D eigenvalue weighted by molar-refractivity contribution is -0.122. The van der Waals surface area contributed by atoms with E-state index in [1.807, 2.05) is 68.0 Å². The molecule has 5 nitrogen and oxygen atoms in total. The minimum Gasteiger partial charge on any atom is -0.457 e. The Labute approximate surface area is 151 Å². The van der Waals surface area contributed by atoms with Gasteiger partial charge in [0.1, 0.15) is 11.5 Å². The third kappa shape index (κ3) is 2.47. The van der Waals surface area contributed by atoms with E-state index < -0.39 is 0 Å². The Morgan fingerprint density at radius 3 is 2.38 bits per heavy atom. The van der Waals surface area contributed by atoms with Crippen LogP contribution in [0.15, 0.2) is 60.9 Å². The van der Waals surface area contributed by atoms with Crippen molar-refractivity contribution >= 4 is 5.91 Å². The zero-order chi connectivity index (χ0) is 17.7. The summed E-state index contributed by atoms with van der Waals surface area (Å²) < 4.78 is 7.78. The number of hydrogen-bond acceptors (Lipinski definition) is 3. The lowest BCUT2D eigenvalue weighted by Crippen LogP contribution is -2.32. The summed E-state index contributed by atoms with van der Waals surface area (Å²) in [6.07, 6.45) is 4.73. The van der Waals surface area contributed by atoms with E-state index in [4.69, 9.17) is 4.74 Å². The first kappa shape index (κ1) is 15.2. The topological polar surface area (TPSA) is 56.2 Å². The van der Waals surface area contributed by atoms with Crippen molar-refractivity contribution < 1.29 is 9.53 Å². The molecule has 5 heteroatoms. The number of ether oxygens (including phenoxy) is 1. The highest BCUT2D eigenvalue weighted by Crippen LogP contribution is 2.49. The average molecular weight is 345 g/mol. The second-order valence-electron chi connectivity index (χ2n) is 7.02. The Balaban J connectivity index is 1.41. The molecule has 26 heavy (non-hydrogen) atoms. The maximum absolute atomic E-state index is 12.9. The van der Waals surface area contributed by atoms with Gasteiger partial charge in [-0.1, -0.05) is 36.4 Å². The van der Waals surface area contributed by atoms with Crippen molar-refractivity contribution in [3.8, 4) is 11.5 Å². The van der Waals surface area contributed by atoms with Crippen LogP contribution < -0.4 is 10.1 Å². The summed E-state index contributed by atoms with van der Waals surface area (Å²) in [6.45, 7) is 0. The molecule has 0 saturated heterocycles.